The van der Waals surface area contributed by atoms with Crippen molar-refractivity contribution in [1.82, 2.24) is 14.5 Å². The van der Waals surface area contributed by atoms with Crippen LogP contribution >= 0.6 is 23.2 Å². The molecule has 0 bridgehead atoms. The average molecular weight is 439 g/mol. The highest BCUT2D eigenvalue weighted by molar-refractivity contribution is 6.34. The average Bonchev–Trinajstić information content (AvgIpc) is 2.74. The van der Waals surface area contributed by atoms with Gasteiger partial charge in [-0.2, -0.15) is 0 Å². The van der Waals surface area contributed by atoms with Crippen LogP contribution in [0.4, 0.5) is 5.69 Å². The minimum atomic E-state index is -0.347. The summed E-state index contributed by atoms with van der Waals surface area (Å²) in [5.41, 5.74) is 1.95. The van der Waals surface area contributed by atoms with Crippen molar-refractivity contribution in [3.8, 4) is 0 Å². The molecule has 30 heavy (non-hydrogen) atoms. The number of aromatic nitrogens is 3. The lowest BCUT2D eigenvalue weighted by Crippen LogP contribution is -2.24. The number of carbonyl (C=O) groups is 1. The molecule has 0 saturated heterocycles. The van der Waals surface area contributed by atoms with Gasteiger partial charge in [0.15, 0.2) is 0 Å². The number of benzene rings is 2. The molecule has 0 saturated carbocycles. The van der Waals surface area contributed by atoms with Crippen LogP contribution in [0.2, 0.25) is 10.0 Å². The number of hydrogen-bond donors (Lipinski definition) is 1. The van der Waals surface area contributed by atoms with E-state index in [1.54, 1.807) is 47.9 Å². The molecule has 150 valence electrons. The van der Waals surface area contributed by atoms with Crippen LogP contribution in [0.5, 0.6) is 0 Å². The zero-order chi connectivity index (χ0) is 21.3. The summed E-state index contributed by atoms with van der Waals surface area (Å²) in [5, 5.41) is 4.04. The van der Waals surface area contributed by atoms with Crippen LogP contribution in [0.1, 0.15) is 21.7 Å². The first kappa shape index (κ1) is 20.1. The first-order valence-corrected chi connectivity index (χ1v) is 9.84. The SMILES string of the molecule is Cc1nc2cc(Cl)c(NC(=O)c3ccncc3)cc2c(=O)n1Cc1ccc(Cl)cc1. The molecule has 0 fully saturated rings. The third-order valence-electron chi connectivity index (χ3n) is 4.68. The Hall–Kier alpha value is -3.22. The summed E-state index contributed by atoms with van der Waals surface area (Å²) in [7, 11) is 0. The number of halogens is 2. The van der Waals surface area contributed by atoms with Crippen molar-refractivity contribution >= 4 is 45.7 Å². The van der Waals surface area contributed by atoms with Crippen LogP contribution in [0, 0.1) is 6.92 Å². The molecule has 0 spiro atoms. The molecule has 6 nitrogen and oxygen atoms in total. The number of anilines is 1. The summed E-state index contributed by atoms with van der Waals surface area (Å²) in [6.45, 7) is 2.12. The van der Waals surface area contributed by atoms with Gasteiger partial charge >= 0.3 is 0 Å². The number of nitrogens with zero attached hydrogens (tertiary/aromatic N) is 3. The second-order valence-electron chi connectivity index (χ2n) is 6.72. The van der Waals surface area contributed by atoms with Gasteiger partial charge in [0.25, 0.3) is 11.5 Å². The number of carbonyl (C=O) groups excluding carboxylic acids is 1. The second kappa shape index (κ2) is 8.26. The van der Waals surface area contributed by atoms with Crippen LogP contribution in [0.3, 0.4) is 0 Å². The summed E-state index contributed by atoms with van der Waals surface area (Å²) < 4.78 is 1.58. The Kier molecular flexibility index (Phi) is 5.53. The van der Waals surface area contributed by atoms with Gasteiger partial charge < -0.3 is 5.32 Å². The van der Waals surface area contributed by atoms with Crippen molar-refractivity contribution in [1.29, 1.82) is 0 Å². The molecule has 4 aromatic rings. The van der Waals surface area contributed by atoms with E-state index in [2.05, 4.69) is 15.3 Å². The molecule has 0 aliphatic carbocycles. The van der Waals surface area contributed by atoms with Crippen LogP contribution in [0.25, 0.3) is 10.9 Å². The van der Waals surface area contributed by atoms with E-state index in [1.807, 2.05) is 12.1 Å². The van der Waals surface area contributed by atoms with Crippen LogP contribution < -0.4 is 10.9 Å². The summed E-state index contributed by atoms with van der Waals surface area (Å²) >= 11 is 12.3. The molecule has 0 aliphatic rings. The van der Waals surface area contributed by atoms with E-state index in [0.717, 1.165) is 5.56 Å². The fraction of sp³-hybridized carbons (Fsp3) is 0.0909. The van der Waals surface area contributed by atoms with Crippen LogP contribution in [-0.4, -0.2) is 20.4 Å². The monoisotopic (exact) mass is 438 g/mol. The normalized spacial score (nSPS) is 10.9. The van der Waals surface area contributed by atoms with E-state index in [-0.39, 0.29) is 11.5 Å². The molecule has 0 radical (unpaired) electrons. The molecule has 2 aromatic carbocycles. The third kappa shape index (κ3) is 4.06. The highest BCUT2D eigenvalue weighted by atomic mass is 35.5. The Balaban J connectivity index is 1.74. The molecule has 0 atom stereocenters. The maximum Gasteiger partial charge on any atom is 0.261 e. The first-order chi connectivity index (χ1) is 14.4. The lowest BCUT2D eigenvalue weighted by molar-refractivity contribution is 0.102. The largest absolute Gasteiger partial charge is 0.321 e. The van der Waals surface area contributed by atoms with Gasteiger partial charge in [0.2, 0.25) is 0 Å². The summed E-state index contributed by atoms with van der Waals surface area (Å²) in [6, 6.07) is 13.6. The number of hydrogen-bond acceptors (Lipinski definition) is 4. The van der Waals surface area contributed by atoms with E-state index in [1.165, 1.54) is 12.4 Å². The quantitative estimate of drug-likeness (QED) is 0.500. The van der Waals surface area contributed by atoms with Gasteiger partial charge in [0.05, 0.1) is 28.2 Å². The zero-order valence-electron chi connectivity index (χ0n) is 15.9. The Labute approximate surface area is 182 Å². The van der Waals surface area contributed by atoms with Crippen molar-refractivity contribution in [2.45, 2.75) is 13.5 Å². The molecule has 0 aliphatic heterocycles. The van der Waals surface area contributed by atoms with E-state index in [0.29, 0.717) is 44.6 Å². The molecule has 4 rings (SSSR count). The highest BCUT2D eigenvalue weighted by Gasteiger charge is 2.14. The number of nitrogens with one attached hydrogen (secondary N) is 1. The topological polar surface area (TPSA) is 76.9 Å². The van der Waals surface area contributed by atoms with Gasteiger partial charge in [-0.05, 0) is 48.9 Å². The highest BCUT2D eigenvalue weighted by Crippen LogP contribution is 2.26. The maximum atomic E-state index is 13.2. The van der Waals surface area contributed by atoms with Gasteiger partial charge in [-0.3, -0.25) is 19.1 Å². The van der Waals surface area contributed by atoms with Crippen molar-refractivity contribution in [3.05, 3.63) is 98.3 Å². The first-order valence-electron chi connectivity index (χ1n) is 9.09. The van der Waals surface area contributed by atoms with E-state index < -0.39 is 0 Å². The predicted molar refractivity (Wildman–Crippen MR) is 118 cm³/mol. The van der Waals surface area contributed by atoms with Crippen LogP contribution in [-0.2, 0) is 6.54 Å². The third-order valence-corrected chi connectivity index (χ3v) is 5.24. The summed E-state index contributed by atoms with van der Waals surface area (Å²) in [4.78, 5) is 34.1. The van der Waals surface area contributed by atoms with Crippen molar-refractivity contribution in [2.24, 2.45) is 0 Å². The number of aryl methyl sites for hydroxylation is 1. The second-order valence-corrected chi connectivity index (χ2v) is 7.56. The molecular formula is C22H16Cl2N4O2. The Morgan fingerprint density at radius 1 is 1.07 bits per heavy atom. The summed E-state index contributed by atoms with van der Waals surface area (Å²) in [6.07, 6.45) is 3.05. The summed E-state index contributed by atoms with van der Waals surface area (Å²) in [5.74, 6) is 0.215. The molecule has 0 unspecified atom stereocenters. The lowest BCUT2D eigenvalue weighted by Gasteiger charge is -2.13. The smallest absolute Gasteiger partial charge is 0.261 e. The van der Waals surface area contributed by atoms with Gasteiger partial charge in [-0.1, -0.05) is 35.3 Å². The predicted octanol–water partition coefficient (Wildman–Crippen LogP) is 4.71. The van der Waals surface area contributed by atoms with Crippen molar-refractivity contribution in [3.63, 3.8) is 0 Å². The van der Waals surface area contributed by atoms with Gasteiger partial charge in [0, 0.05) is 23.0 Å². The minimum absolute atomic E-state index is 0.219. The van der Waals surface area contributed by atoms with Gasteiger partial charge in [0.1, 0.15) is 5.82 Å². The number of fused-ring (bicyclic) bond motifs is 1. The zero-order valence-corrected chi connectivity index (χ0v) is 17.4. The lowest BCUT2D eigenvalue weighted by atomic mass is 10.2. The van der Waals surface area contributed by atoms with Crippen molar-refractivity contribution in [2.75, 3.05) is 5.32 Å². The fourth-order valence-electron chi connectivity index (χ4n) is 3.11. The molecule has 2 heterocycles. The number of rotatable bonds is 4. The van der Waals surface area contributed by atoms with E-state index in [4.69, 9.17) is 23.2 Å². The van der Waals surface area contributed by atoms with Gasteiger partial charge in [-0.25, -0.2) is 4.98 Å². The van der Waals surface area contributed by atoms with Crippen molar-refractivity contribution < 1.29 is 4.79 Å². The number of pyridine rings is 1. The molecular weight excluding hydrogens is 423 g/mol. The Bertz CT molecular complexity index is 1300. The molecule has 1 amide bonds. The Morgan fingerprint density at radius 3 is 2.47 bits per heavy atom. The maximum absolute atomic E-state index is 13.2. The minimum Gasteiger partial charge on any atom is -0.321 e. The van der Waals surface area contributed by atoms with E-state index >= 15 is 0 Å². The fourth-order valence-corrected chi connectivity index (χ4v) is 3.44. The van der Waals surface area contributed by atoms with E-state index in [9.17, 15) is 9.59 Å². The molecule has 8 heteroatoms. The van der Waals surface area contributed by atoms with Crippen LogP contribution in [0.15, 0.2) is 65.7 Å². The van der Waals surface area contributed by atoms with Gasteiger partial charge in [-0.15, -0.1) is 0 Å². The Morgan fingerprint density at radius 2 is 1.77 bits per heavy atom. The molecule has 2 aromatic heterocycles. The number of amides is 1. The molecule has 1 N–H and O–H groups in total. The standard InChI is InChI=1S/C22H16Cl2N4O2/c1-13-26-19-11-18(24)20(27-21(29)15-6-8-25-9-7-15)10-17(19)22(30)28(13)12-14-2-4-16(23)5-3-14/h2-11H,12H2,1H3,(H,27,29).